The molecule has 128 valence electrons. The van der Waals surface area contributed by atoms with Crippen LogP contribution in [-0.2, 0) is 6.54 Å². The SMILES string of the molecule is C[C@H](Nc1ncccn1)c1ccc(CN2CCN(C)CC2)c(F)c1. The Morgan fingerprint density at radius 3 is 2.54 bits per heavy atom. The van der Waals surface area contributed by atoms with Crippen molar-refractivity contribution in [3.05, 3.63) is 53.6 Å². The summed E-state index contributed by atoms with van der Waals surface area (Å²) in [6.45, 7) is 6.70. The lowest BCUT2D eigenvalue weighted by Crippen LogP contribution is -2.44. The van der Waals surface area contributed by atoms with Gasteiger partial charge in [0.2, 0.25) is 5.95 Å². The summed E-state index contributed by atoms with van der Waals surface area (Å²) >= 11 is 0. The first-order valence-corrected chi connectivity index (χ1v) is 8.34. The maximum absolute atomic E-state index is 14.5. The number of nitrogens with one attached hydrogen (secondary N) is 1. The molecule has 0 spiro atoms. The van der Waals surface area contributed by atoms with Crippen molar-refractivity contribution in [1.82, 2.24) is 19.8 Å². The second-order valence-electron chi connectivity index (χ2n) is 6.37. The number of piperazine rings is 1. The van der Waals surface area contributed by atoms with E-state index in [2.05, 4.69) is 32.1 Å². The Balaban J connectivity index is 1.63. The van der Waals surface area contributed by atoms with Crippen molar-refractivity contribution < 1.29 is 4.39 Å². The summed E-state index contributed by atoms with van der Waals surface area (Å²) < 4.78 is 14.5. The number of nitrogens with zero attached hydrogens (tertiary/aromatic N) is 4. The van der Waals surface area contributed by atoms with Crippen LogP contribution in [0, 0.1) is 5.82 Å². The monoisotopic (exact) mass is 329 g/mol. The molecule has 0 bridgehead atoms. The van der Waals surface area contributed by atoms with Crippen molar-refractivity contribution in [3.63, 3.8) is 0 Å². The van der Waals surface area contributed by atoms with Crippen LogP contribution in [0.2, 0.25) is 0 Å². The van der Waals surface area contributed by atoms with Crippen LogP contribution in [0.15, 0.2) is 36.7 Å². The molecule has 0 amide bonds. The molecule has 6 heteroatoms. The Kier molecular flexibility index (Phi) is 5.37. The third kappa shape index (κ3) is 4.27. The van der Waals surface area contributed by atoms with Crippen LogP contribution in [0.5, 0.6) is 0 Å². The van der Waals surface area contributed by atoms with Crippen LogP contribution < -0.4 is 5.32 Å². The van der Waals surface area contributed by atoms with Gasteiger partial charge < -0.3 is 10.2 Å². The van der Waals surface area contributed by atoms with Crippen LogP contribution in [0.4, 0.5) is 10.3 Å². The molecular weight excluding hydrogens is 305 g/mol. The van der Waals surface area contributed by atoms with E-state index in [-0.39, 0.29) is 11.9 Å². The van der Waals surface area contributed by atoms with Gasteiger partial charge in [0, 0.05) is 50.7 Å². The van der Waals surface area contributed by atoms with Crippen molar-refractivity contribution in [1.29, 1.82) is 0 Å². The van der Waals surface area contributed by atoms with Gasteiger partial charge in [-0.2, -0.15) is 0 Å². The number of rotatable bonds is 5. The number of halogens is 1. The number of likely N-dealkylation sites (N-methyl/N-ethyl adjacent to an activating group) is 1. The Bertz CT molecular complexity index is 656. The fourth-order valence-electron chi connectivity index (χ4n) is 2.86. The highest BCUT2D eigenvalue weighted by Crippen LogP contribution is 2.20. The topological polar surface area (TPSA) is 44.3 Å². The van der Waals surface area contributed by atoms with Gasteiger partial charge in [-0.3, -0.25) is 4.90 Å². The van der Waals surface area contributed by atoms with Gasteiger partial charge in [0.25, 0.3) is 0 Å². The highest BCUT2D eigenvalue weighted by atomic mass is 19.1. The Labute approximate surface area is 142 Å². The molecule has 3 rings (SSSR count). The van der Waals surface area contributed by atoms with Crippen LogP contribution in [-0.4, -0.2) is 53.0 Å². The normalized spacial score (nSPS) is 17.6. The molecule has 5 nitrogen and oxygen atoms in total. The first kappa shape index (κ1) is 16.8. The van der Waals surface area contributed by atoms with Gasteiger partial charge in [-0.25, -0.2) is 14.4 Å². The number of benzene rings is 1. The zero-order valence-electron chi connectivity index (χ0n) is 14.2. The maximum atomic E-state index is 14.5. The van der Waals surface area contributed by atoms with Gasteiger partial charge in [-0.15, -0.1) is 0 Å². The van der Waals surface area contributed by atoms with E-state index in [1.165, 1.54) is 0 Å². The predicted molar refractivity (Wildman–Crippen MR) is 93.2 cm³/mol. The summed E-state index contributed by atoms with van der Waals surface area (Å²) in [6, 6.07) is 7.20. The molecule has 0 unspecified atom stereocenters. The first-order valence-electron chi connectivity index (χ1n) is 8.34. The van der Waals surface area contributed by atoms with E-state index >= 15 is 0 Å². The zero-order chi connectivity index (χ0) is 16.9. The molecule has 1 atom stereocenters. The molecule has 1 aromatic carbocycles. The molecule has 1 aliphatic rings. The van der Waals surface area contributed by atoms with Crippen molar-refractivity contribution in [2.75, 3.05) is 38.5 Å². The molecule has 2 heterocycles. The lowest BCUT2D eigenvalue weighted by atomic mass is 10.0. The smallest absolute Gasteiger partial charge is 0.223 e. The molecule has 1 N–H and O–H groups in total. The molecule has 1 saturated heterocycles. The molecular formula is C18H24FN5. The standard InChI is InChI=1S/C18H24FN5/c1-14(22-18-20-6-3-7-21-18)15-4-5-16(17(19)12-15)13-24-10-8-23(2)9-11-24/h3-7,12,14H,8-11,13H2,1-2H3,(H,20,21,22)/t14-/m0/s1. The van der Waals surface area contributed by atoms with E-state index in [1.807, 2.05) is 19.1 Å². The Morgan fingerprint density at radius 1 is 1.17 bits per heavy atom. The van der Waals surface area contributed by atoms with Crippen molar-refractivity contribution >= 4 is 5.95 Å². The zero-order valence-corrected chi connectivity index (χ0v) is 14.2. The summed E-state index contributed by atoms with van der Waals surface area (Å²) in [5.74, 6) is 0.404. The van der Waals surface area contributed by atoms with E-state index < -0.39 is 0 Å². The van der Waals surface area contributed by atoms with Crippen molar-refractivity contribution in [3.8, 4) is 0 Å². The van der Waals surface area contributed by atoms with Gasteiger partial charge in [0.05, 0.1) is 6.04 Å². The molecule has 0 aliphatic carbocycles. The second-order valence-corrected chi connectivity index (χ2v) is 6.37. The molecule has 24 heavy (non-hydrogen) atoms. The van der Waals surface area contributed by atoms with Crippen molar-refractivity contribution in [2.24, 2.45) is 0 Å². The van der Waals surface area contributed by atoms with Gasteiger partial charge in [-0.05, 0) is 31.7 Å². The van der Waals surface area contributed by atoms with E-state index in [0.29, 0.717) is 12.5 Å². The first-order chi connectivity index (χ1) is 11.6. The van der Waals surface area contributed by atoms with Crippen LogP contribution in [0.1, 0.15) is 24.1 Å². The largest absolute Gasteiger partial charge is 0.348 e. The average molecular weight is 329 g/mol. The van der Waals surface area contributed by atoms with Crippen LogP contribution in [0.3, 0.4) is 0 Å². The average Bonchev–Trinajstić information content (AvgIpc) is 2.59. The van der Waals surface area contributed by atoms with E-state index in [9.17, 15) is 4.39 Å². The van der Waals surface area contributed by atoms with E-state index in [1.54, 1.807) is 24.5 Å². The number of aromatic nitrogens is 2. The lowest BCUT2D eigenvalue weighted by molar-refractivity contribution is 0.147. The number of hydrogen-bond donors (Lipinski definition) is 1. The molecule has 0 radical (unpaired) electrons. The molecule has 2 aromatic rings. The van der Waals surface area contributed by atoms with Gasteiger partial charge in [0.15, 0.2) is 0 Å². The Hall–Kier alpha value is -2.05. The van der Waals surface area contributed by atoms with Gasteiger partial charge in [-0.1, -0.05) is 12.1 Å². The predicted octanol–water partition coefficient (Wildman–Crippen LogP) is 2.54. The molecule has 1 aromatic heterocycles. The summed E-state index contributed by atoms with van der Waals surface area (Å²) in [5.41, 5.74) is 1.65. The summed E-state index contributed by atoms with van der Waals surface area (Å²) in [5, 5.41) is 3.19. The Morgan fingerprint density at radius 2 is 1.88 bits per heavy atom. The second kappa shape index (κ2) is 7.68. The third-order valence-electron chi connectivity index (χ3n) is 4.48. The molecule has 1 fully saturated rings. The lowest BCUT2D eigenvalue weighted by Gasteiger charge is -2.32. The third-order valence-corrected chi connectivity index (χ3v) is 4.48. The van der Waals surface area contributed by atoms with Crippen LogP contribution >= 0.6 is 0 Å². The fraction of sp³-hybridized carbons (Fsp3) is 0.444. The minimum atomic E-state index is -0.144. The summed E-state index contributed by atoms with van der Waals surface area (Å²) in [7, 11) is 2.12. The maximum Gasteiger partial charge on any atom is 0.223 e. The van der Waals surface area contributed by atoms with E-state index in [4.69, 9.17) is 0 Å². The fourth-order valence-corrected chi connectivity index (χ4v) is 2.86. The minimum Gasteiger partial charge on any atom is -0.348 e. The number of hydrogen-bond acceptors (Lipinski definition) is 5. The highest BCUT2D eigenvalue weighted by molar-refractivity contribution is 5.33. The summed E-state index contributed by atoms with van der Waals surface area (Å²) in [4.78, 5) is 12.9. The highest BCUT2D eigenvalue weighted by Gasteiger charge is 2.16. The van der Waals surface area contributed by atoms with Crippen molar-refractivity contribution in [2.45, 2.75) is 19.5 Å². The molecule has 0 saturated carbocycles. The minimum absolute atomic E-state index is 0.0559. The van der Waals surface area contributed by atoms with Crippen LogP contribution in [0.25, 0.3) is 0 Å². The summed E-state index contributed by atoms with van der Waals surface area (Å²) in [6.07, 6.45) is 3.36. The quantitative estimate of drug-likeness (QED) is 0.913. The van der Waals surface area contributed by atoms with Gasteiger partial charge in [0.1, 0.15) is 5.82 Å². The molecule has 1 aliphatic heterocycles. The number of anilines is 1. The van der Waals surface area contributed by atoms with E-state index in [0.717, 1.165) is 37.3 Å². The van der Waals surface area contributed by atoms with Gasteiger partial charge >= 0.3 is 0 Å².